The van der Waals surface area contributed by atoms with Gasteiger partial charge < -0.3 is 5.11 Å². The Morgan fingerprint density at radius 1 is 1.33 bits per heavy atom. The van der Waals surface area contributed by atoms with Crippen LogP contribution in [0.3, 0.4) is 0 Å². The Morgan fingerprint density at radius 3 is 2.67 bits per heavy atom. The third-order valence-electron chi connectivity index (χ3n) is 4.26. The Balaban J connectivity index is 1.80. The van der Waals surface area contributed by atoms with Crippen LogP contribution in [0, 0.1) is 11.7 Å². The van der Waals surface area contributed by atoms with Crippen molar-refractivity contribution in [3.63, 3.8) is 0 Å². The second-order valence-electron chi connectivity index (χ2n) is 5.71. The molecule has 0 spiro atoms. The van der Waals surface area contributed by atoms with E-state index in [2.05, 4.69) is 15.9 Å². The first-order chi connectivity index (χ1) is 10.1. The molecule has 21 heavy (non-hydrogen) atoms. The zero-order chi connectivity index (χ0) is 15.2. The maximum absolute atomic E-state index is 13.6. The lowest BCUT2D eigenvalue weighted by Gasteiger charge is -2.28. The van der Waals surface area contributed by atoms with Crippen LogP contribution in [-0.4, -0.2) is 11.1 Å². The molecular weight excluding hydrogens is 335 g/mol. The van der Waals surface area contributed by atoms with Gasteiger partial charge in [-0.3, -0.25) is 0 Å². The van der Waals surface area contributed by atoms with Gasteiger partial charge in [0, 0.05) is 6.08 Å². The Bertz CT molecular complexity index is 520. The molecule has 1 aromatic rings. The van der Waals surface area contributed by atoms with Crippen molar-refractivity contribution in [1.29, 1.82) is 0 Å². The third kappa shape index (κ3) is 4.95. The number of hydrogen-bond acceptors (Lipinski definition) is 1. The first kappa shape index (κ1) is 16.2. The van der Waals surface area contributed by atoms with Crippen LogP contribution >= 0.6 is 15.9 Å². The topological polar surface area (TPSA) is 37.3 Å². The van der Waals surface area contributed by atoms with Crippen molar-refractivity contribution in [2.75, 3.05) is 0 Å². The summed E-state index contributed by atoms with van der Waals surface area (Å²) in [7, 11) is 0. The van der Waals surface area contributed by atoms with Crippen LogP contribution < -0.4 is 0 Å². The minimum atomic E-state index is -0.879. The minimum Gasteiger partial charge on any atom is -0.478 e. The van der Waals surface area contributed by atoms with Gasteiger partial charge in [0.15, 0.2) is 0 Å². The molecule has 0 heterocycles. The molecule has 0 unspecified atom stereocenters. The Labute approximate surface area is 133 Å². The lowest BCUT2D eigenvalue weighted by Crippen LogP contribution is -2.13. The van der Waals surface area contributed by atoms with Gasteiger partial charge in [0.2, 0.25) is 0 Å². The lowest BCUT2D eigenvalue weighted by atomic mass is 9.77. The predicted octanol–water partition coefficient (Wildman–Crippen LogP) is 5.28. The molecular formula is C17H20BrFO2. The van der Waals surface area contributed by atoms with Crippen LogP contribution in [-0.2, 0) is 4.79 Å². The molecule has 0 saturated heterocycles. The predicted molar refractivity (Wildman–Crippen MR) is 84.8 cm³/mol. The minimum absolute atomic E-state index is 0.187. The van der Waals surface area contributed by atoms with Crippen molar-refractivity contribution in [2.24, 2.45) is 5.92 Å². The van der Waals surface area contributed by atoms with Crippen molar-refractivity contribution in [3.8, 4) is 0 Å². The van der Waals surface area contributed by atoms with Crippen LogP contribution in [0.15, 0.2) is 34.8 Å². The van der Waals surface area contributed by atoms with Crippen LogP contribution in [0.5, 0.6) is 0 Å². The van der Waals surface area contributed by atoms with Crippen molar-refractivity contribution < 1.29 is 14.3 Å². The highest BCUT2D eigenvalue weighted by Gasteiger charge is 2.22. The van der Waals surface area contributed by atoms with Crippen molar-refractivity contribution in [2.45, 2.75) is 44.4 Å². The fourth-order valence-electron chi connectivity index (χ4n) is 3.07. The molecule has 0 aromatic heterocycles. The number of aliphatic carboxylic acids is 1. The van der Waals surface area contributed by atoms with E-state index >= 15 is 0 Å². The molecule has 1 aliphatic rings. The van der Waals surface area contributed by atoms with Gasteiger partial charge in [0.05, 0.1) is 4.47 Å². The average Bonchev–Trinajstić information content (AvgIpc) is 2.47. The van der Waals surface area contributed by atoms with E-state index in [0.717, 1.165) is 44.1 Å². The number of hydrogen-bond donors (Lipinski definition) is 1. The molecule has 1 aliphatic carbocycles. The summed E-state index contributed by atoms with van der Waals surface area (Å²) >= 11 is 3.19. The highest BCUT2D eigenvalue weighted by molar-refractivity contribution is 9.10. The standard InChI is InChI=1S/C17H20BrFO2/c18-15-10-9-14(11-16(15)19)13-7-5-12(6-8-13)3-1-2-4-17(20)21/h2,4,9-13H,1,3,5-8H2,(H,20,21)/b4-2+. The Morgan fingerprint density at radius 2 is 2.05 bits per heavy atom. The van der Waals surface area contributed by atoms with E-state index in [-0.39, 0.29) is 5.82 Å². The number of benzene rings is 1. The summed E-state index contributed by atoms with van der Waals surface area (Å²) in [5, 5.41) is 8.53. The Kier molecular flexibility index (Phi) is 5.97. The van der Waals surface area contributed by atoms with E-state index < -0.39 is 5.97 Å². The van der Waals surface area contributed by atoms with Gasteiger partial charge in [-0.05, 0) is 84.0 Å². The molecule has 1 saturated carbocycles. The lowest BCUT2D eigenvalue weighted by molar-refractivity contribution is -0.131. The number of rotatable bonds is 5. The molecule has 114 valence electrons. The molecule has 2 nitrogen and oxygen atoms in total. The molecule has 0 bridgehead atoms. The van der Waals surface area contributed by atoms with Crippen LogP contribution in [0.1, 0.15) is 50.0 Å². The van der Waals surface area contributed by atoms with Gasteiger partial charge in [-0.1, -0.05) is 12.1 Å². The van der Waals surface area contributed by atoms with Gasteiger partial charge in [-0.15, -0.1) is 0 Å². The van der Waals surface area contributed by atoms with E-state index in [4.69, 9.17) is 5.11 Å². The smallest absolute Gasteiger partial charge is 0.327 e. The third-order valence-corrected chi connectivity index (χ3v) is 4.91. The highest BCUT2D eigenvalue weighted by atomic mass is 79.9. The number of carbonyl (C=O) groups is 1. The number of carboxylic acid groups (broad SMARTS) is 1. The van der Waals surface area contributed by atoms with Crippen molar-refractivity contribution in [1.82, 2.24) is 0 Å². The molecule has 2 rings (SSSR count). The maximum atomic E-state index is 13.6. The van der Waals surface area contributed by atoms with E-state index in [1.165, 1.54) is 6.08 Å². The normalized spacial score (nSPS) is 22.6. The van der Waals surface area contributed by atoms with Crippen LogP contribution in [0.2, 0.25) is 0 Å². The summed E-state index contributed by atoms with van der Waals surface area (Å²) < 4.78 is 14.1. The average molecular weight is 355 g/mol. The summed E-state index contributed by atoms with van der Waals surface area (Å²) in [6.45, 7) is 0. The van der Waals surface area contributed by atoms with Crippen LogP contribution in [0.4, 0.5) is 4.39 Å². The summed E-state index contributed by atoms with van der Waals surface area (Å²) in [5.74, 6) is 0.0582. The quantitative estimate of drug-likeness (QED) is 0.730. The molecule has 1 aromatic carbocycles. The SMILES string of the molecule is O=C(O)/C=C/CCC1CCC(c2ccc(Br)c(F)c2)CC1. The second-order valence-corrected chi connectivity index (χ2v) is 6.56. The number of halogens is 2. The first-order valence-corrected chi connectivity index (χ1v) is 8.20. The van der Waals surface area contributed by atoms with Crippen molar-refractivity contribution in [3.05, 3.63) is 46.2 Å². The van der Waals surface area contributed by atoms with Gasteiger partial charge in [0.25, 0.3) is 0 Å². The van der Waals surface area contributed by atoms with Gasteiger partial charge in [0.1, 0.15) is 5.82 Å². The van der Waals surface area contributed by atoms with Gasteiger partial charge >= 0.3 is 5.97 Å². The fourth-order valence-corrected chi connectivity index (χ4v) is 3.31. The molecule has 4 heteroatoms. The van der Waals surface area contributed by atoms with E-state index in [1.54, 1.807) is 18.2 Å². The summed E-state index contributed by atoms with van der Waals surface area (Å²) in [4.78, 5) is 10.4. The molecule has 0 amide bonds. The van der Waals surface area contributed by atoms with Crippen LogP contribution in [0.25, 0.3) is 0 Å². The van der Waals surface area contributed by atoms with E-state index in [1.807, 2.05) is 6.07 Å². The molecule has 1 N–H and O–H groups in total. The zero-order valence-corrected chi connectivity index (χ0v) is 13.5. The summed E-state index contributed by atoms with van der Waals surface area (Å²) in [6.07, 6.45) is 9.30. The maximum Gasteiger partial charge on any atom is 0.327 e. The summed E-state index contributed by atoms with van der Waals surface area (Å²) in [6, 6.07) is 5.44. The van der Waals surface area contributed by atoms with Gasteiger partial charge in [-0.25, -0.2) is 9.18 Å². The first-order valence-electron chi connectivity index (χ1n) is 7.40. The second kappa shape index (κ2) is 7.74. The monoisotopic (exact) mass is 354 g/mol. The zero-order valence-electron chi connectivity index (χ0n) is 11.9. The van der Waals surface area contributed by atoms with E-state index in [9.17, 15) is 9.18 Å². The molecule has 1 fully saturated rings. The number of carboxylic acids is 1. The summed E-state index contributed by atoms with van der Waals surface area (Å²) in [5.41, 5.74) is 1.10. The number of allylic oxidation sites excluding steroid dienone is 1. The van der Waals surface area contributed by atoms with E-state index in [0.29, 0.717) is 16.3 Å². The fraction of sp³-hybridized carbons (Fsp3) is 0.471. The highest BCUT2D eigenvalue weighted by Crippen LogP contribution is 2.38. The van der Waals surface area contributed by atoms with Gasteiger partial charge in [-0.2, -0.15) is 0 Å². The largest absolute Gasteiger partial charge is 0.478 e. The molecule has 0 atom stereocenters. The molecule has 0 aliphatic heterocycles. The Hall–Kier alpha value is -1.16. The van der Waals surface area contributed by atoms with Crippen molar-refractivity contribution >= 4 is 21.9 Å². The molecule has 0 radical (unpaired) electrons.